The van der Waals surface area contributed by atoms with Gasteiger partial charge >= 0.3 is 0 Å². The summed E-state index contributed by atoms with van der Waals surface area (Å²) >= 11 is 11.7. The molecule has 0 radical (unpaired) electrons. The number of fused-ring (bicyclic) bond motifs is 1. The molecule has 1 heterocycles. The second-order valence-electron chi connectivity index (χ2n) is 5.12. The highest BCUT2D eigenvalue weighted by molar-refractivity contribution is 7.71. The maximum atomic E-state index is 13.7. The molecule has 0 aliphatic heterocycles. The van der Waals surface area contributed by atoms with Crippen molar-refractivity contribution in [3.05, 3.63) is 63.1 Å². The van der Waals surface area contributed by atoms with Crippen LogP contribution in [0.3, 0.4) is 0 Å². The number of nitrogens with one attached hydrogen (secondary N) is 1. The Kier molecular flexibility index (Phi) is 3.59. The highest BCUT2D eigenvalue weighted by Gasteiger charge is 2.16. The zero-order valence-corrected chi connectivity index (χ0v) is 13.2. The quantitative estimate of drug-likeness (QED) is 0.626. The van der Waals surface area contributed by atoms with Gasteiger partial charge in [0.25, 0.3) is 0 Å². The smallest absolute Gasteiger partial charge is 0.178 e. The molecule has 1 atom stereocenters. The van der Waals surface area contributed by atoms with Crippen molar-refractivity contribution in [1.29, 1.82) is 0 Å². The van der Waals surface area contributed by atoms with Crippen LogP contribution >= 0.6 is 23.8 Å². The highest BCUT2D eigenvalue weighted by Crippen LogP contribution is 2.29. The van der Waals surface area contributed by atoms with Crippen LogP contribution in [0.25, 0.3) is 11.0 Å². The van der Waals surface area contributed by atoms with Crippen molar-refractivity contribution in [2.45, 2.75) is 19.9 Å². The topological polar surface area (TPSA) is 20.7 Å². The minimum absolute atomic E-state index is 0.0372. The van der Waals surface area contributed by atoms with Gasteiger partial charge in [-0.1, -0.05) is 29.8 Å². The maximum absolute atomic E-state index is 13.7. The average molecular weight is 321 g/mol. The summed E-state index contributed by atoms with van der Waals surface area (Å²) in [7, 11) is 0. The van der Waals surface area contributed by atoms with E-state index in [0.29, 0.717) is 20.9 Å². The Morgan fingerprint density at radius 2 is 2.00 bits per heavy atom. The molecule has 1 unspecified atom stereocenters. The standard InChI is InChI=1S/C16H14ClFN2S/c1-9-7-15-14(8-13(9)18)19-16(21)20(15)10(2)11-5-3-4-6-12(11)17/h3-8,10H,1-2H3,(H,19,21). The van der Waals surface area contributed by atoms with Gasteiger partial charge in [-0.3, -0.25) is 0 Å². The maximum Gasteiger partial charge on any atom is 0.178 e. The Labute approximate surface area is 132 Å². The Bertz CT molecular complexity index is 882. The summed E-state index contributed by atoms with van der Waals surface area (Å²) in [6.07, 6.45) is 0. The fourth-order valence-corrected chi connectivity index (χ4v) is 3.25. The molecule has 2 aromatic carbocycles. The number of imidazole rings is 1. The molecule has 0 saturated carbocycles. The van der Waals surface area contributed by atoms with Crippen molar-refractivity contribution in [1.82, 2.24) is 9.55 Å². The van der Waals surface area contributed by atoms with Crippen LogP contribution < -0.4 is 0 Å². The van der Waals surface area contributed by atoms with Crippen molar-refractivity contribution in [2.75, 3.05) is 0 Å². The minimum Gasteiger partial charge on any atom is -0.330 e. The molecule has 0 aliphatic rings. The molecule has 0 saturated heterocycles. The van der Waals surface area contributed by atoms with E-state index in [2.05, 4.69) is 4.98 Å². The van der Waals surface area contributed by atoms with Crippen LogP contribution in [0.5, 0.6) is 0 Å². The monoisotopic (exact) mass is 320 g/mol. The zero-order valence-electron chi connectivity index (χ0n) is 11.7. The van der Waals surface area contributed by atoms with Crippen molar-refractivity contribution >= 4 is 34.9 Å². The fraction of sp³-hybridized carbons (Fsp3) is 0.188. The highest BCUT2D eigenvalue weighted by atomic mass is 35.5. The van der Waals surface area contributed by atoms with Crippen LogP contribution in [-0.2, 0) is 0 Å². The first kappa shape index (κ1) is 14.3. The first-order valence-corrected chi connectivity index (χ1v) is 7.42. The molecule has 21 heavy (non-hydrogen) atoms. The van der Waals surface area contributed by atoms with Gasteiger partial charge in [0.2, 0.25) is 0 Å². The fourth-order valence-electron chi connectivity index (χ4n) is 2.59. The molecular formula is C16H14ClFN2S. The SMILES string of the molecule is Cc1cc2c(cc1F)[nH]c(=S)n2C(C)c1ccccc1Cl. The zero-order chi connectivity index (χ0) is 15.1. The molecule has 1 aromatic heterocycles. The number of nitrogens with zero attached hydrogens (tertiary/aromatic N) is 1. The van der Waals surface area contributed by atoms with Crippen molar-refractivity contribution < 1.29 is 4.39 Å². The van der Waals surface area contributed by atoms with Crippen molar-refractivity contribution in [3.63, 3.8) is 0 Å². The van der Waals surface area contributed by atoms with E-state index >= 15 is 0 Å². The van der Waals surface area contributed by atoms with E-state index in [-0.39, 0.29) is 11.9 Å². The molecule has 1 N–H and O–H groups in total. The lowest BCUT2D eigenvalue weighted by atomic mass is 10.1. The molecule has 2 nitrogen and oxygen atoms in total. The lowest BCUT2D eigenvalue weighted by Crippen LogP contribution is -2.07. The third-order valence-corrected chi connectivity index (χ3v) is 4.38. The van der Waals surface area contributed by atoms with Gasteiger partial charge in [-0.2, -0.15) is 0 Å². The summed E-state index contributed by atoms with van der Waals surface area (Å²) in [6, 6.07) is 10.9. The van der Waals surface area contributed by atoms with Gasteiger partial charge in [0.1, 0.15) is 5.82 Å². The predicted molar refractivity (Wildman–Crippen MR) is 87.1 cm³/mol. The van der Waals surface area contributed by atoms with Gasteiger partial charge in [0, 0.05) is 5.02 Å². The first-order valence-electron chi connectivity index (χ1n) is 6.64. The van der Waals surface area contributed by atoms with Gasteiger partial charge < -0.3 is 9.55 Å². The summed E-state index contributed by atoms with van der Waals surface area (Å²) in [6.45, 7) is 3.78. The Hall–Kier alpha value is -1.65. The Morgan fingerprint density at radius 3 is 2.71 bits per heavy atom. The number of rotatable bonds is 2. The summed E-state index contributed by atoms with van der Waals surface area (Å²) in [5, 5.41) is 0.695. The Balaban J connectivity index is 2.25. The summed E-state index contributed by atoms with van der Waals surface area (Å²) in [4.78, 5) is 3.06. The number of aromatic nitrogens is 2. The average Bonchev–Trinajstić information content (AvgIpc) is 2.74. The third-order valence-electron chi connectivity index (χ3n) is 3.74. The van der Waals surface area contributed by atoms with Gasteiger partial charge in [0.15, 0.2) is 4.77 Å². The van der Waals surface area contributed by atoms with Crippen LogP contribution in [-0.4, -0.2) is 9.55 Å². The van der Waals surface area contributed by atoms with E-state index in [4.69, 9.17) is 23.8 Å². The van der Waals surface area contributed by atoms with E-state index < -0.39 is 0 Å². The number of aromatic amines is 1. The van der Waals surface area contributed by atoms with Crippen LogP contribution in [0.4, 0.5) is 4.39 Å². The number of hydrogen-bond acceptors (Lipinski definition) is 1. The summed E-state index contributed by atoms with van der Waals surface area (Å²) in [5.41, 5.74) is 3.16. The summed E-state index contributed by atoms with van der Waals surface area (Å²) < 4.78 is 16.2. The minimum atomic E-state index is -0.240. The largest absolute Gasteiger partial charge is 0.330 e. The number of aryl methyl sites for hydroxylation is 1. The molecule has 0 spiro atoms. The molecule has 3 aromatic rings. The molecule has 0 fully saturated rings. The second-order valence-corrected chi connectivity index (χ2v) is 5.91. The molecule has 0 aliphatic carbocycles. The van der Waals surface area contributed by atoms with Gasteiger partial charge in [-0.05, 0) is 55.4 Å². The van der Waals surface area contributed by atoms with E-state index in [1.807, 2.05) is 41.8 Å². The van der Waals surface area contributed by atoms with E-state index in [1.54, 1.807) is 6.92 Å². The van der Waals surface area contributed by atoms with Gasteiger partial charge in [-0.25, -0.2) is 4.39 Å². The number of H-pyrrole nitrogens is 1. The molecular weight excluding hydrogens is 307 g/mol. The molecule has 0 amide bonds. The van der Waals surface area contributed by atoms with Gasteiger partial charge in [-0.15, -0.1) is 0 Å². The van der Waals surface area contributed by atoms with E-state index in [9.17, 15) is 4.39 Å². The predicted octanol–water partition coefficient (Wildman–Crippen LogP) is 5.41. The van der Waals surface area contributed by atoms with E-state index in [0.717, 1.165) is 11.1 Å². The lowest BCUT2D eigenvalue weighted by Gasteiger charge is -2.16. The lowest BCUT2D eigenvalue weighted by molar-refractivity contribution is 0.619. The van der Waals surface area contributed by atoms with Crippen LogP contribution in [0.2, 0.25) is 5.02 Å². The number of benzene rings is 2. The number of halogens is 2. The third kappa shape index (κ3) is 2.39. The molecule has 3 rings (SSSR count). The number of hydrogen-bond donors (Lipinski definition) is 1. The normalized spacial score (nSPS) is 12.8. The van der Waals surface area contributed by atoms with Crippen LogP contribution in [0.1, 0.15) is 24.1 Å². The van der Waals surface area contributed by atoms with Crippen molar-refractivity contribution in [2.24, 2.45) is 0 Å². The molecule has 5 heteroatoms. The van der Waals surface area contributed by atoms with Crippen molar-refractivity contribution in [3.8, 4) is 0 Å². The Morgan fingerprint density at radius 1 is 1.29 bits per heavy atom. The second kappa shape index (κ2) is 5.28. The molecule has 0 bridgehead atoms. The van der Waals surface area contributed by atoms with E-state index in [1.165, 1.54) is 6.07 Å². The molecule has 108 valence electrons. The van der Waals surface area contributed by atoms with Gasteiger partial charge in [0.05, 0.1) is 17.1 Å². The summed E-state index contributed by atoms with van der Waals surface area (Å²) in [5.74, 6) is -0.240. The van der Waals surface area contributed by atoms with Crippen LogP contribution in [0, 0.1) is 17.5 Å². The first-order chi connectivity index (χ1) is 9.99. The van der Waals surface area contributed by atoms with Crippen LogP contribution in [0.15, 0.2) is 36.4 Å².